The number of carbonyl (C=O) groups is 1. The molecule has 1 N–H and O–H groups in total. The van der Waals surface area contributed by atoms with Gasteiger partial charge in [-0.1, -0.05) is 0 Å². The Labute approximate surface area is 166 Å². The van der Waals surface area contributed by atoms with Gasteiger partial charge in [0, 0.05) is 44.6 Å². The van der Waals surface area contributed by atoms with Crippen molar-refractivity contribution in [2.24, 2.45) is 7.05 Å². The van der Waals surface area contributed by atoms with Crippen molar-refractivity contribution >= 4 is 18.3 Å². The van der Waals surface area contributed by atoms with Crippen LogP contribution in [0.3, 0.4) is 0 Å². The number of hydrogen-bond acceptors (Lipinski definition) is 5. The number of aromatic nitrogens is 2. The van der Waals surface area contributed by atoms with Crippen molar-refractivity contribution in [3.63, 3.8) is 0 Å². The van der Waals surface area contributed by atoms with Gasteiger partial charge in [-0.3, -0.25) is 4.79 Å². The van der Waals surface area contributed by atoms with E-state index < -0.39 is 0 Å². The fourth-order valence-corrected chi connectivity index (χ4v) is 3.19. The van der Waals surface area contributed by atoms with Gasteiger partial charge in [0.1, 0.15) is 11.9 Å². The minimum atomic E-state index is -0.103. The van der Waals surface area contributed by atoms with Crippen LogP contribution in [-0.4, -0.2) is 53.2 Å². The second-order valence-electron chi connectivity index (χ2n) is 6.65. The fraction of sp³-hybridized carbons (Fsp3) is 0.474. The van der Waals surface area contributed by atoms with E-state index in [0.717, 1.165) is 12.4 Å². The molecule has 1 atom stereocenters. The topological polar surface area (TPSA) is 68.6 Å². The van der Waals surface area contributed by atoms with E-state index in [-0.39, 0.29) is 30.5 Å². The average Bonchev–Trinajstić information content (AvgIpc) is 3.07. The van der Waals surface area contributed by atoms with Crippen LogP contribution in [-0.2, 0) is 7.05 Å². The Morgan fingerprint density at radius 2 is 2.11 bits per heavy atom. The molecule has 2 heterocycles. The number of halogens is 1. The van der Waals surface area contributed by atoms with Gasteiger partial charge in [0.25, 0.3) is 5.91 Å². The summed E-state index contributed by atoms with van der Waals surface area (Å²) in [4.78, 5) is 19.5. The molecule has 0 radical (unpaired) electrons. The number of methoxy groups -OCH3 is 1. The molecule has 1 saturated heterocycles. The number of piperazine rings is 1. The Balaban J connectivity index is 0.00000261. The van der Waals surface area contributed by atoms with E-state index in [1.54, 1.807) is 31.5 Å². The predicted molar refractivity (Wildman–Crippen MR) is 106 cm³/mol. The van der Waals surface area contributed by atoms with Crippen molar-refractivity contribution in [1.82, 2.24) is 19.8 Å². The lowest BCUT2D eigenvalue weighted by atomic mass is 10.1. The molecular weight excluding hydrogens is 368 g/mol. The predicted octanol–water partition coefficient (Wildman–Crippen LogP) is 2.42. The summed E-state index contributed by atoms with van der Waals surface area (Å²) in [5.41, 5.74) is 0.582. The SMILES string of the molecule is COc1cc(C(=O)N2CCNCC2c2nccn2C)ccc1OC(C)C.Cl. The summed E-state index contributed by atoms with van der Waals surface area (Å²) in [7, 11) is 3.53. The molecule has 1 aromatic heterocycles. The van der Waals surface area contributed by atoms with Crippen LogP contribution in [0.25, 0.3) is 0 Å². The molecule has 0 saturated carbocycles. The highest BCUT2D eigenvalue weighted by atomic mass is 35.5. The van der Waals surface area contributed by atoms with E-state index in [0.29, 0.717) is 30.2 Å². The molecule has 1 unspecified atom stereocenters. The minimum absolute atomic E-state index is 0. The van der Waals surface area contributed by atoms with Crippen molar-refractivity contribution in [2.75, 3.05) is 26.7 Å². The first-order valence-corrected chi connectivity index (χ1v) is 8.85. The maximum Gasteiger partial charge on any atom is 0.254 e. The minimum Gasteiger partial charge on any atom is -0.493 e. The Hall–Kier alpha value is -2.25. The molecule has 1 aliphatic rings. The zero-order chi connectivity index (χ0) is 18.7. The fourth-order valence-electron chi connectivity index (χ4n) is 3.19. The quantitative estimate of drug-likeness (QED) is 0.843. The number of nitrogens with one attached hydrogen (secondary N) is 1. The summed E-state index contributed by atoms with van der Waals surface area (Å²) < 4.78 is 13.1. The third-order valence-corrected chi connectivity index (χ3v) is 4.43. The maximum atomic E-state index is 13.2. The van der Waals surface area contributed by atoms with Crippen molar-refractivity contribution in [1.29, 1.82) is 0 Å². The third kappa shape index (κ3) is 4.54. The Morgan fingerprint density at radius 1 is 1.33 bits per heavy atom. The molecule has 2 aromatic rings. The second-order valence-corrected chi connectivity index (χ2v) is 6.65. The smallest absolute Gasteiger partial charge is 0.254 e. The molecule has 1 fully saturated rings. The molecule has 148 valence electrons. The molecule has 7 nitrogen and oxygen atoms in total. The monoisotopic (exact) mass is 394 g/mol. The molecule has 8 heteroatoms. The van der Waals surface area contributed by atoms with Crippen LogP contribution in [0, 0.1) is 0 Å². The summed E-state index contributed by atoms with van der Waals surface area (Å²) in [6, 6.07) is 5.23. The lowest BCUT2D eigenvalue weighted by molar-refractivity contribution is 0.0620. The van der Waals surface area contributed by atoms with Crippen LogP contribution in [0.15, 0.2) is 30.6 Å². The molecule has 0 spiro atoms. The number of carbonyl (C=O) groups excluding carboxylic acids is 1. The van der Waals surface area contributed by atoms with Crippen LogP contribution < -0.4 is 14.8 Å². The Morgan fingerprint density at radius 3 is 2.74 bits per heavy atom. The number of amides is 1. The number of benzene rings is 1. The van der Waals surface area contributed by atoms with Crippen LogP contribution in [0.1, 0.15) is 36.1 Å². The van der Waals surface area contributed by atoms with Gasteiger partial charge < -0.3 is 24.3 Å². The first-order valence-electron chi connectivity index (χ1n) is 8.85. The number of aryl methyl sites for hydroxylation is 1. The van der Waals surface area contributed by atoms with Gasteiger partial charge >= 0.3 is 0 Å². The van der Waals surface area contributed by atoms with E-state index in [1.165, 1.54) is 0 Å². The van der Waals surface area contributed by atoms with Crippen LogP contribution >= 0.6 is 12.4 Å². The van der Waals surface area contributed by atoms with Crippen molar-refractivity contribution in [2.45, 2.75) is 26.0 Å². The largest absolute Gasteiger partial charge is 0.493 e. The van der Waals surface area contributed by atoms with Crippen molar-refractivity contribution in [3.05, 3.63) is 42.0 Å². The van der Waals surface area contributed by atoms with Crippen LogP contribution in [0.5, 0.6) is 11.5 Å². The van der Waals surface area contributed by atoms with Gasteiger partial charge in [-0.15, -0.1) is 12.4 Å². The molecule has 1 amide bonds. The van der Waals surface area contributed by atoms with Crippen LogP contribution in [0.4, 0.5) is 0 Å². The van der Waals surface area contributed by atoms with Gasteiger partial charge in [-0.25, -0.2) is 4.98 Å². The second kappa shape index (κ2) is 9.10. The van der Waals surface area contributed by atoms with E-state index in [9.17, 15) is 4.79 Å². The lowest BCUT2D eigenvalue weighted by Gasteiger charge is -2.35. The molecule has 3 rings (SSSR count). The van der Waals surface area contributed by atoms with Crippen LogP contribution in [0.2, 0.25) is 0 Å². The first kappa shape index (κ1) is 21.1. The van der Waals surface area contributed by atoms with Gasteiger partial charge in [0.15, 0.2) is 11.5 Å². The van der Waals surface area contributed by atoms with Gasteiger partial charge in [0.05, 0.1) is 13.2 Å². The number of imidazole rings is 1. The zero-order valence-electron chi connectivity index (χ0n) is 16.1. The van der Waals surface area contributed by atoms with Crippen molar-refractivity contribution in [3.8, 4) is 11.5 Å². The van der Waals surface area contributed by atoms with Gasteiger partial charge in [-0.2, -0.15) is 0 Å². The summed E-state index contributed by atoms with van der Waals surface area (Å²) in [6.07, 6.45) is 3.69. The highest BCUT2D eigenvalue weighted by molar-refractivity contribution is 5.95. The molecule has 1 aromatic carbocycles. The number of ether oxygens (including phenoxy) is 2. The third-order valence-electron chi connectivity index (χ3n) is 4.43. The highest BCUT2D eigenvalue weighted by Gasteiger charge is 2.31. The Kier molecular flexibility index (Phi) is 7.10. The van der Waals surface area contributed by atoms with E-state index in [4.69, 9.17) is 9.47 Å². The molecule has 1 aliphatic heterocycles. The summed E-state index contributed by atoms with van der Waals surface area (Å²) >= 11 is 0. The number of hydrogen-bond donors (Lipinski definition) is 1. The number of rotatable bonds is 5. The molecule has 27 heavy (non-hydrogen) atoms. The molecule has 0 bridgehead atoms. The van der Waals surface area contributed by atoms with Crippen molar-refractivity contribution < 1.29 is 14.3 Å². The summed E-state index contributed by atoms with van der Waals surface area (Å²) in [5, 5.41) is 3.35. The summed E-state index contributed by atoms with van der Waals surface area (Å²) in [5.74, 6) is 2.04. The average molecular weight is 395 g/mol. The first-order chi connectivity index (χ1) is 12.5. The standard InChI is InChI=1S/C19H26N4O3.ClH/c1-13(2)26-16-6-5-14(11-17(16)25-4)19(24)23-10-7-20-12-15(23)18-21-8-9-22(18)3;/h5-6,8-9,11,13,15,20H,7,10,12H2,1-4H3;1H. The zero-order valence-corrected chi connectivity index (χ0v) is 17.0. The normalized spacial score (nSPS) is 16.8. The van der Waals surface area contributed by atoms with E-state index in [1.807, 2.05) is 36.6 Å². The maximum absolute atomic E-state index is 13.2. The van der Waals surface area contributed by atoms with E-state index in [2.05, 4.69) is 10.3 Å². The number of nitrogens with zero attached hydrogens (tertiary/aromatic N) is 3. The van der Waals surface area contributed by atoms with E-state index >= 15 is 0 Å². The molecular formula is C19H27ClN4O3. The van der Waals surface area contributed by atoms with Gasteiger partial charge in [0.2, 0.25) is 0 Å². The summed E-state index contributed by atoms with van der Waals surface area (Å²) in [6.45, 7) is 5.98. The lowest BCUT2D eigenvalue weighted by Crippen LogP contribution is -2.49. The highest BCUT2D eigenvalue weighted by Crippen LogP contribution is 2.31. The molecule has 0 aliphatic carbocycles. The van der Waals surface area contributed by atoms with Gasteiger partial charge in [-0.05, 0) is 32.0 Å². The Bertz CT molecular complexity index is 778.